The molecule has 0 radical (unpaired) electrons. The van der Waals surface area contributed by atoms with Crippen LogP contribution in [-0.2, 0) is 14.3 Å². The van der Waals surface area contributed by atoms with E-state index in [1.54, 1.807) is 0 Å². The number of carbonyl (C=O) groups is 1. The van der Waals surface area contributed by atoms with Crippen LogP contribution in [0, 0.1) is 5.92 Å². The van der Waals surface area contributed by atoms with E-state index in [1.165, 1.54) is 12.8 Å². The van der Waals surface area contributed by atoms with Gasteiger partial charge in [0.25, 0.3) is 0 Å². The standard InChI is InChI=1S/C10H17NO3/c12-10-9(3-5-13-10)14-7-8-2-1-4-11-6-8/h8-9,11H,1-7H2. The molecule has 2 atom stereocenters. The summed E-state index contributed by atoms with van der Waals surface area (Å²) in [4.78, 5) is 11.1. The maximum atomic E-state index is 11.1. The highest BCUT2D eigenvalue weighted by Gasteiger charge is 2.28. The van der Waals surface area contributed by atoms with Crippen molar-refractivity contribution < 1.29 is 14.3 Å². The number of hydrogen-bond acceptors (Lipinski definition) is 4. The SMILES string of the molecule is O=C1OCCC1OCC1CCCNC1. The lowest BCUT2D eigenvalue weighted by Gasteiger charge is -2.23. The maximum absolute atomic E-state index is 11.1. The van der Waals surface area contributed by atoms with Gasteiger partial charge < -0.3 is 14.8 Å². The largest absolute Gasteiger partial charge is 0.464 e. The van der Waals surface area contributed by atoms with E-state index < -0.39 is 0 Å². The Labute approximate surface area is 84.0 Å². The van der Waals surface area contributed by atoms with Crippen LogP contribution in [-0.4, -0.2) is 38.4 Å². The summed E-state index contributed by atoms with van der Waals surface area (Å²) in [6, 6.07) is 0. The van der Waals surface area contributed by atoms with Gasteiger partial charge in [-0.1, -0.05) is 0 Å². The highest BCUT2D eigenvalue weighted by Crippen LogP contribution is 2.15. The van der Waals surface area contributed by atoms with Gasteiger partial charge in [0, 0.05) is 13.0 Å². The van der Waals surface area contributed by atoms with Crippen LogP contribution in [0.4, 0.5) is 0 Å². The molecule has 2 aliphatic heterocycles. The second-order valence-electron chi connectivity index (χ2n) is 3.99. The molecule has 0 aromatic rings. The van der Waals surface area contributed by atoms with Crippen molar-refractivity contribution in [2.45, 2.75) is 25.4 Å². The molecule has 14 heavy (non-hydrogen) atoms. The molecule has 2 fully saturated rings. The van der Waals surface area contributed by atoms with E-state index in [9.17, 15) is 4.79 Å². The van der Waals surface area contributed by atoms with Gasteiger partial charge in [0.15, 0.2) is 6.10 Å². The summed E-state index contributed by atoms with van der Waals surface area (Å²) in [7, 11) is 0. The molecule has 4 heteroatoms. The number of ether oxygens (including phenoxy) is 2. The van der Waals surface area contributed by atoms with E-state index in [0.29, 0.717) is 19.1 Å². The molecule has 2 aliphatic rings. The Balaban J connectivity index is 1.68. The summed E-state index contributed by atoms with van der Waals surface area (Å²) in [5, 5.41) is 3.33. The van der Waals surface area contributed by atoms with Gasteiger partial charge in [-0.2, -0.15) is 0 Å². The second kappa shape index (κ2) is 4.75. The van der Waals surface area contributed by atoms with E-state index in [1.807, 2.05) is 0 Å². The van der Waals surface area contributed by atoms with Gasteiger partial charge >= 0.3 is 5.97 Å². The smallest absolute Gasteiger partial charge is 0.335 e. The molecule has 80 valence electrons. The summed E-state index contributed by atoms with van der Waals surface area (Å²) >= 11 is 0. The maximum Gasteiger partial charge on any atom is 0.335 e. The minimum absolute atomic E-state index is 0.186. The Morgan fingerprint density at radius 2 is 2.43 bits per heavy atom. The fourth-order valence-electron chi connectivity index (χ4n) is 1.95. The van der Waals surface area contributed by atoms with Crippen LogP contribution in [0.5, 0.6) is 0 Å². The quantitative estimate of drug-likeness (QED) is 0.665. The van der Waals surface area contributed by atoms with Crippen molar-refractivity contribution in [2.75, 3.05) is 26.3 Å². The minimum atomic E-state index is -0.295. The lowest BCUT2D eigenvalue weighted by Crippen LogP contribution is -2.34. The minimum Gasteiger partial charge on any atom is -0.464 e. The monoisotopic (exact) mass is 199 g/mol. The number of esters is 1. The first-order valence-corrected chi connectivity index (χ1v) is 5.35. The van der Waals surface area contributed by atoms with Gasteiger partial charge in [0.2, 0.25) is 0 Å². The summed E-state index contributed by atoms with van der Waals surface area (Å²) in [5.74, 6) is 0.380. The molecule has 4 nitrogen and oxygen atoms in total. The first-order valence-electron chi connectivity index (χ1n) is 5.35. The Bertz CT molecular complexity index is 202. The molecule has 0 saturated carbocycles. The van der Waals surface area contributed by atoms with Crippen molar-refractivity contribution in [3.05, 3.63) is 0 Å². The highest BCUT2D eigenvalue weighted by atomic mass is 16.6. The first kappa shape index (κ1) is 9.93. The average molecular weight is 199 g/mol. The van der Waals surface area contributed by atoms with Crippen LogP contribution in [0.1, 0.15) is 19.3 Å². The van der Waals surface area contributed by atoms with Crippen molar-refractivity contribution in [3.63, 3.8) is 0 Å². The van der Waals surface area contributed by atoms with Gasteiger partial charge in [-0.3, -0.25) is 0 Å². The predicted octanol–water partition coefficient (Wildman–Crippen LogP) is 0.318. The number of hydrogen-bond donors (Lipinski definition) is 1. The lowest BCUT2D eigenvalue weighted by atomic mass is 10.0. The highest BCUT2D eigenvalue weighted by molar-refractivity contribution is 5.76. The van der Waals surface area contributed by atoms with Gasteiger partial charge in [0.05, 0.1) is 13.2 Å². The zero-order valence-electron chi connectivity index (χ0n) is 8.33. The Morgan fingerprint density at radius 1 is 1.50 bits per heavy atom. The summed E-state index contributed by atoms with van der Waals surface area (Å²) in [6.45, 7) is 3.34. The van der Waals surface area contributed by atoms with Crippen molar-refractivity contribution in [1.82, 2.24) is 5.32 Å². The van der Waals surface area contributed by atoms with Crippen LogP contribution in [0.15, 0.2) is 0 Å². The molecule has 2 unspecified atom stereocenters. The van der Waals surface area contributed by atoms with Crippen LogP contribution >= 0.6 is 0 Å². The molecule has 2 saturated heterocycles. The fraction of sp³-hybridized carbons (Fsp3) is 0.900. The number of cyclic esters (lactones) is 1. The number of nitrogens with one attached hydrogen (secondary N) is 1. The molecule has 1 N–H and O–H groups in total. The molecule has 2 rings (SSSR count). The van der Waals surface area contributed by atoms with Gasteiger partial charge in [-0.15, -0.1) is 0 Å². The Morgan fingerprint density at radius 3 is 3.07 bits per heavy atom. The molecule has 0 aromatic heterocycles. The zero-order valence-corrected chi connectivity index (χ0v) is 8.33. The number of rotatable bonds is 3. The van der Waals surface area contributed by atoms with Crippen molar-refractivity contribution in [3.8, 4) is 0 Å². The third-order valence-corrected chi connectivity index (χ3v) is 2.82. The van der Waals surface area contributed by atoms with E-state index in [2.05, 4.69) is 5.32 Å². The van der Waals surface area contributed by atoms with Crippen molar-refractivity contribution >= 4 is 5.97 Å². The third-order valence-electron chi connectivity index (χ3n) is 2.82. The predicted molar refractivity (Wildman–Crippen MR) is 50.9 cm³/mol. The average Bonchev–Trinajstić information content (AvgIpc) is 2.63. The number of piperidine rings is 1. The zero-order chi connectivity index (χ0) is 9.80. The molecule has 0 aromatic carbocycles. The summed E-state index contributed by atoms with van der Waals surface area (Å²) < 4.78 is 10.4. The second-order valence-corrected chi connectivity index (χ2v) is 3.99. The lowest BCUT2D eigenvalue weighted by molar-refractivity contribution is -0.148. The topological polar surface area (TPSA) is 47.6 Å². The third kappa shape index (κ3) is 2.45. The first-order chi connectivity index (χ1) is 6.86. The molecular weight excluding hydrogens is 182 g/mol. The molecule has 2 heterocycles. The van der Waals surface area contributed by atoms with Crippen LogP contribution < -0.4 is 5.32 Å². The molecule has 0 aliphatic carbocycles. The van der Waals surface area contributed by atoms with E-state index >= 15 is 0 Å². The van der Waals surface area contributed by atoms with Crippen LogP contribution in [0.2, 0.25) is 0 Å². The molecule has 0 bridgehead atoms. The van der Waals surface area contributed by atoms with Crippen LogP contribution in [0.3, 0.4) is 0 Å². The summed E-state index contributed by atoms with van der Waals surface area (Å²) in [5.41, 5.74) is 0. The van der Waals surface area contributed by atoms with Gasteiger partial charge in [0.1, 0.15) is 0 Å². The Hall–Kier alpha value is -0.610. The van der Waals surface area contributed by atoms with Gasteiger partial charge in [-0.25, -0.2) is 4.79 Å². The van der Waals surface area contributed by atoms with Crippen molar-refractivity contribution in [1.29, 1.82) is 0 Å². The van der Waals surface area contributed by atoms with E-state index in [0.717, 1.165) is 19.5 Å². The molecule has 0 amide bonds. The van der Waals surface area contributed by atoms with Gasteiger partial charge in [-0.05, 0) is 25.3 Å². The Kier molecular flexibility index (Phi) is 3.37. The fourth-order valence-corrected chi connectivity index (χ4v) is 1.95. The van der Waals surface area contributed by atoms with Crippen LogP contribution in [0.25, 0.3) is 0 Å². The number of carbonyl (C=O) groups excluding carboxylic acids is 1. The van der Waals surface area contributed by atoms with Crippen molar-refractivity contribution in [2.24, 2.45) is 5.92 Å². The molecular formula is C10H17NO3. The van der Waals surface area contributed by atoms with E-state index in [4.69, 9.17) is 9.47 Å². The molecule has 0 spiro atoms. The van der Waals surface area contributed by atoms with E-state index in [-0.39, 0.29) is 12.1 Å². The normalized spacial score (nSPS) is 33.0. The summed E-state index contributed by atoms with van der Waals surface area (Å²) in [6.07, 6.45) is 2.84.